The van der Waals surface area contributed by atoms with Crippen molar-refractivity contribution in [1.82, 2.24) is 15.2 Å². The Morgan fingerprint density at radius 1 is 1.04 bits per heavy atom. The van der Waals surface area contributed by atoms with Crippen molar-refractivity contribution in [3.05, 3.63) is 65.5 Å². The number of amides is 2. The minimum atomic E-state index is -0.0143. The van der Waals surface area contributed by atoms with Crippen LogP contribution in [-0.4, -0.2) is 33.8 Å². The summed E-state index contributed by atoms with van der Waals surface area (Å²) in [6, 6.07) is 11.8. The van der Waals surface area contributed by atoms with Gasteiger partial charge in [0.2, 0.25) is 0 Å². The second kappa shape index (κ2) is 6.67. The first-order valence-corrected chi connectivity index (χ1v) is 8.81. The predicted molar refractivity (Wildman–Crippen MR) is 94.1 cm³/mol. The first kappa shape index (κ1) is 15.8. The van der Waals surface area contributed by atoms with Gasteiger partial charge in [-0.15, -0.1) is 0 Å². The van der Waals surface area contributed by atoms with E-state index in [1.807, 2.05) is 29.2 Å². The highest BCUT2D eigenvalue weighted by Gasteiger charge is 2.33. The predicted octanol–water partition coefficient (Wildman–Crippen LogP) is 2.78. The lowest BCUT2D eigenvalue weighted by Gasteiger charge is -2.22. The number of aromatic nitrogens is 1. The molecular formula is C20H21N3O2. The van der Waals surface area contributed by atoms with E-state index in [1.165, 1.54) is 0 Å². The molecule has 2 fully saturated rings. The highest BCUT2D eigenvalue weighted by atomic mass is 16.2. The van der Waals surface area contributed by atoms with Crippen molar-refractivity contribution in [1.29, 1.82) is 0 Å². The summed E-state index contributed by atoms with van der Waals surface area (Å²) in [5.41, 5.74) is 2.33. The lowest BCUT2D eigenvalue weighted by molar-refractivity contribution is 0.0729. The molecule has 2 aliphatic carbocycles. The zero-order chi connectivity index (χ0) is 17.2. The van der Waals surface area contributed by atoms with Crippen LogP contribution in [0.15, 0.2) is 48.8 Å². The molecule has 4 rings (SSSR count). The summed E-state index contributed by atoms with van der Waals surface area (Å²) in [6.07, 6.45) is 7.54. The van der Waals surface area contributed by atoms with Crippen molar-refractivity contribution < 1.29 is 9.59 Å². The number of hydrogen-bond acceptors (Lipinski definition) is 3. The van der Waals surface area contributed by atoms with E-state index in [1.54, 1.807) is 24.5 Å². The van der Waals surface area contributed by atoms with Gasteiger partial charge in [-0.05, 0) is 55.5 Å². The van der Waals surface area contributed by atoms with E-state index in [-0.39, 0.29) is 11.8 Å². The summed E-state index contributed by atoms with van der Waals surface area (Å²) in [5, 5.41) is 2.99. The van der Waals surface area contributed by atoms with Gasteiger partial charge in [-0.2, -0.15) is 0 Å². The van der Waals surface area contributed by atoms with Crippen molar-refractivity contribution in [3.8, 4) is 0 Å². The van der Waals surface area contributed by atoms with Crippen LogP contribution in [0.25, 0.3) is 0 Å². The normalized spacial score (nSPS) is 16.3. The van der Waals surface area contributed by atoms with Gasteiger partial charge >= 0.3 is 0 Å². The molecule has 2 amide bonds. The molecule has 0 aliphatic heterocycles. The molecule has 0 unspecified atom stereocenters. The number of carbonyl (C=O) groups is 2. The third-order valence-corrected chi connectivity index (χ3v) is 4.64. The van der Waals surface area contributed by atoms with Crippen LogP contribution < -0.4 is 5.32 Å². The molecule has 0 radical (unpaired) electrons. The molecule has 1 aromatic carbocycles. The van der Waals surface area contributed by atoms with Gasteiger partial charge in [0.05, 0.1) is 5.56 Å². The molecule has 5 heteroatoms. The van der Waals surface area contributed by atoms with Gasteiger partial charge < -0.3 is 10.2 Å². The smallest absolute Gasteiger partial charge is 0.255 e. The maximum Gasteiger partial charge on any atom is 0.255 e. The monoisotopic (exact) mass is 335 g/mol. The highest BCUT2D eigenvalue weighted by Crippen LogP contribution is 2.30. The molecule has 0 bridgehead atoms. The molecule has 0 saturated heterocycles. The molecule has 1 N–H and O–H groups in total. The highest BCUT2D eigenvalue weighted by molar-refractivity contribution is 5.95. The lowest BCUT2D eigenvalue weighted by atomic mass is 10.1. The average Bonchev–Trinajstić information content (AvgIpc) is 3.54. The molecule has 2 aliphatic rings. The summed E-state index contributed by atoms with van der Waals surface area (Å²) in [4.78, 5) is 30.8. The minimum absolute atomic E-state index is 0.0143. The minimum Gasteiger partial charge on any atom is -0.349 e. The van der Waals surface area contributed by atoms with E-state index < -0.39 is 0 Å². The van der Waals surface area contributed by atoms with Crippen molar-refractivity contribution in [2.75, 3.05) is 0 Å². The molecule has 128 valence electrons. The fourth-order valence-corrected chi connectivity index (χ4v) is 2.86. The van der Waals surface area contributed by atoms with Crippen molar-refractivity contribution >= 4 is 11.8 Å². The van der Waals surface area contributed by atoms with Crippen molar-refractivity contribution in [2.24, 2.45) is 0 Å². The van der Waals surface area contributed by atoms with Crippen molar-refractivity contribution in [2.45, 2.75) is 44.3 Å². The van der Waals surface area contributed by atoms with Crippen LogP contribution in [0, 0.1) is 0 Å². The second-order valence-electron chi connectivity index (χ2n) is 6.85. The molecule has 5 nitrogen and oxygen atoms in total. The van der Waals surface area contributed by atoms with Gasteiger partial charge in [-0.25, -0.2) is 0 Å². The molecule has 2 saturated carbocycles. The zero-order valence-electron chi connectivity index (χ0n) is 14.0. The van der Waals surface area contributed by atoms with E-state index in [4.69, 9.17) is 0 Å². The van der Waals surface area contributed by atoms with E-state index in [9.17, 15) is 9.59 Å². The Balaban J connectivity index is 1.45. The molecule has 0 spiro atoms. The fourth-order valence-electron chi connectivity index (χ4n) is 2.86. The van der Waals surface area contributed by atoms with Crippen LogP contribution >= 0.6 is 0 Å². The third-order valence-electron chi connectivity index (χ3n) is 4.64. The largest absolute Gasteiger partial charge is 0.349 e. The number of hydrogen-bond donors (Lipinski definition) is 1. The first-order valence-electron chi connectivity index (χ1n) is 8.81. The molecular weight excluding hydrogens is 314 g/mol. The maximum atomic E-state index is 12.8. The van der Waals surface area contributed by atoms with Gasteiger partial charge in [0, 0.05) is 36.6 Å². The molecule has 1 aromatic heterocycles. The summed E-state index contributed by atoms with van der Waals surface area (Å²) >= 11 is 0. The number of nitrogens with zero attached hydrogens (tertiary/aromatic N) is 2. The molecule has 1 heterocycles. The number of carbonyl (C=O) groups excluding carboxylic acids is 2. The van der Waals surface area contributed by atoms with Crippen LogP contribution in [0.5, 0.6) is 0 Å². The third kappa shape index (κ3) is 3.87. The van der Waals surface area contributed by atoms with E-state index in [2.05, 4.69) is 10.3 Å². The maximum absolute atomic E-state index is 12.8. The van der Waals surface area contributed by atoms with Crippen LogP contribution in [-0.2, 0) is 6.54 Å². The molecule has 25 heavy (non-hydrogen) atoms. The summed E-state index contributed by atoms with van der Waals surface area (Å²) in [6.45, 7) is 0.558. The Bertz CT molecular complexity index is 765. The van der Waals surface area contributed by atoms with Crippen molar-refractivity contribution in [3.63, 3.8) is 0 Å². The van der Waals surface area contributed by atoms with Crippen LogP contribution in [0.4, 0.5) is 0 Å². The second-order valence-corrected chi connectivity index (χ2v) is 6.85. The lowest BCUT2D eigenvalue weighted by Crippen LogP contribution is -2.32. The standard InChI is InChI=1S/C20H21N3O2/c24-19(22-17-7-8-17)15-5-3-14(4-6-15)13-23(18-9-10-18)20(25)16-2-1-11-21-12-16/h1-6,11-12,17-18H,7-10,13H2,(H,22,24). The van der Waals surface area contributed by atoms with Crippen LogP contribution in [0.3, 0.4) is 0 Å². The molecule has 2 aromatic rings. The SMILES string of the molecule is O=C(NC1CC1)c1ccc(CN(C(=O)c2cccnc2)C2CC2)cc1. The quantitative estimate of drug-likeness (QED) is 0.883. The van der Waals surface area contributed by atoms with E-state index in [0.29, 0.717) is 29.8 Å². The molecule has 0 atom stereocenters. The summed E-state index contributed by atoms with van der Waals surface area (Å²) in [5.74, 6) is 0.00527. The Kier molecular flexibility index (Phi) is 4.22. The zero-order valence-corrected chi connectivity index (χ0v) is 14.0. The summed E-state index contributed by atoms with van der Waals surface area (Å²) in [7, 11) is 0. The van der Waals surface area contributed by atoms with E-state index in [0.717, 1.165) is 31.2 Å². The van der Waals surface area contributed by atoms with Crippen LogP contribution in [0.2, 0.25) is 0 Å². The first-order chi connectivity index (χ1) is 12.2. The Labute approximate surface area is 147 Å². The van der Waals surface area contributed by atoms with Gasteiger partial charge in [0.15, 0.2) is 0 Å². The van der Waals surface area contributed by atoms with Gasteiger partial charge in [0.1, 0.15) is 0 Å². The number of pyridine rings is 1. The van der Waals surface area contributed by atoms with Gasteiger partial charge in [0.25, 0.3) is 11.8 Å². The Hall–Kier alpha value is -2.69. The van der Waals surface area contributed by atoms with Gasteiger partial charge in [-0.1, -0.05) is 12.1 Å². The van der Waals surface area contributed by atoms with Gasteiger partial charge in [-0.3, -0.25) is 14.6 Å². The topological polar surface area (TPSA) is 62.3 Å². The Morgan fingerprint density at radius 2 is 1.80 bits per heavy atom. The number of nitrogens with one attached hydrogen (secondary N) is 1. The Morgan fingerprint density at radius 3 is 2.40 bits per heavy atom. The fraction of sp³-hybridized carbons (Fsp3) is 0.350. The van der Waals surface area contributed by atoms with Crippen LogP contribution in [0.1, 0.15) is 52.0 Å². The number of rotatable bonds is 6. The number of benzene rings is 1. The average molecular weight is 335 g/mol. The van der Waals surface area contributed by atoms with E-state index >= 15 is 0 Å². The summed E-state index contributed by atoms with van der Waals surface area (Å²) < 4.78 is 0.